The summed E-state index contributed by atoms with van der Waals surface area (Å²) in [6.45, 7) is 6.03. The molecule has 0 heterocycles. The van der Waals surface area contributed by atoms with Gasteiger partial charge in [-0.15, -0.1) is 0 Å². The lowest BCUT2D eigenvalue weighted by molar-refractivity contribution is -0.141. The molecule has 0 aliphatic rings. The Hall–Kier alpha value is -2.82. The number of nitrogens with one attached hydrogen (secondary N) is 1. The van der Waals surface area contributed by atoms with Gasteiger partial charge in [0.2, 0.25) is 0 Å². The van der Waals surface area contributed by atoms with Crippen LogP contribution < -0.4 is 10.2 Å². The van der Waals surface area contributed by atoms with Crippen LogP contribution in [-0.4, -0.2) is 32.1 Å². The minimum atomic E-state index is -0.432. The van der Waals surface area contributed by atoms with Gasteiger partial charge < -0.3 is 15.0 Å². The van der Waals surface area contributed by atoms with Crippen molar-refractivity contribution < 1.29 is 14.3 Å². The Bertz CT molecular complexity index is 710. The van der Waals surface area contributed by atoms with Gasteiger partial charge in [0, 0.05) is 24.3 Å². The first-order valence-electron chi connectivity index (χ1n) is 8.86. The molecule has 2 aromatic rings. The monoisotopic (exact) mass is 354 g/mol. The summed E-state index contributed by atoms with van der Waals surface area (Å²) in [7, 11) is 1.35. The largest absolute Gasteiger partial charge is 0.469 e. The van der Waals surface area contributed by atoms with E-state index in [0.717, 1.165) is 24.3 Å². The average Bonchev–Trinajstić information content (AvgIpc) is 2.69. The van der Waals surface area contributed by atoms with E-state index in [1.807, 2.05) is 54.6 Å². The van der Waals surface area contributed by atoms with Crippen LogP contribution in [0.1, 0.15) is 42.2 Å². The Morgan fingerprint density at radius 3 is 2.15 bits per heavy atom. The predicted octanol–water partition coefficient (Wildman–Crippen LogP) is 3.57. The molecule has 1 N–H and O–H groups in total. The van der Waals surface area contributed by atoms with Crippen molar-refractivity contribution in [3.8, 4) is 0 Å². The fourth-order valence-electron chi connectivity index (χ4n) is 2.84. The van der Waals surface area contributed by atoms with Gasteiger partial charge in [0.1, 0.15) is 0 Å². The smallest absolute Gasteiger partial charge is 0.307 e. The van der Waals surface area contributed by atoms with Crippen molar-refractivity contribution >= 4 is 17.6 Å². The summed E-state index contributed by atoms with van der Waals surface area (Å²) in [5.41, 5.74) is 2.51. The Balaban J connectivity index is 2.14. The van der Waals surface area contributed by atoms with Crippen LogP contribution in [-0.2, 0) is 9.53 Å². The number of hydrogen-bond acceptors (Lipinski definition) is 4. The molecule has 0 aliphatic heterocycles. The first kappa shape index (κ1) is 19.5. The molecule has 26 heavy (non-hydrogen) atoms. The molecule has 138 valence electrons. The number of nitrogens with zero attached hydrogens (tertiary/aromatic N) is 1. The molecule has 0 spiro atoms. The third-order valence-corrected chi connectivity index (χ3v) is 4.36. The number of hydrogen-bond donors (Lipinski definition) is 1. The highest BCUT2D eigenvalue weighted by atomic mass is 16.5. The van der Waals surface area contributed by atoms with Gasteiger partial charge in [-0.05, 0) is 43.7 Å². The zero-order valence-electron chi connectivity index (χ0n) is 15.6. The molecular weight excluding hydrogens is 328 g/mol. The van der Waals surface area contributed by atoms with Gasteiger partial charge in [-0.2, -0.15) is 0 Å². The highest BCUT2D eigenvalue weighted by molar-refractivity contribution is 5.95. The number of benzene rings is 2. The van der Waals surface area contributed by atoms with Crippen LogP contribution in [0.25, 0.3) is 0 Å². The molecule has 0 fully saturated rings. The first-order valence-corrected chi connectivity index (χ1v) is 8.86. The third-order valence-electron chi connectivity index (χ3n) is 4.36. The lowest BCUT2D eigenvalue weighted by Crippen LogP contribution is -2.30. The number of carbonyl (C=O) groups excluding carboxylic acids is 2. The number of esters is 1. The van der Waals surface area contributed by atoms with Crippen molar-refractivity contribution in [2.45, 2.75) is 26.3 Å². The van der Waals surface area contributed by atoms with E-state index in [1.54, 1.807) is 0 Å². The Morgan fingerprint density at radius 1 is 1.00 bits per heavy atom. The average molecular weight is 354 g/mol. The molecule has 2 aromatic carbocycles. The minimum absolute atomic E-state index is 0.0871. The molecule has 1 amide bonds. The maximum Gasteiger partial charge on any atom is 0.307 e. The van der Waals surface area contributed by atoms with Crippen molar-refractivity contribution in [2.24, 2.45) is 0 Å². The lowest BCUT2D eigenvalue weighted by atomic mass is 10.0. The number of carbonyl (C=O) groups is 2. The molecule has 1 unspecified atom stereocenters. The molecule has 2 rings (SSSR count). The standard InChI is InChI=1S/C21H26N2O3/c1-4-23(5-2)18-13-11-17(12-14-18)21(25)22-19(15-20(24)26-3)16-9-7-6-8-10-16/h6-14,19H,4-5,15H2,1-3H3,(H,22,25). The van der Waals surface area contributed by atoms with Crippen molar-refractivity contribution in [1.29, 1.82) is 0 Å². The SMILES string of the molecule is CCN(CC)c1ccc(C(=O)NC(CC(=O)OC)c2ccccc2)cc1. The molecule has 0 radical (unpaired) electrons. The van der Waals surface area contributed by atoms with E-state index < -0.39 is 6.04 Å². The fraction of sp³-hybridized carbons (Fsp3) is 0.333. The van der Waals surface area contributed by atoms with Gasteiger partial charge in [-0.25, -0.2) is 0 Å². The van der Waals surface area contributed by atoms with E-state index in [4.69, 9.17) is 4.74 Å². The summed E-state index contributed by atoms with van der Waals surface area (Å²) in [4.78, 5) is 26.6. The molecule has 0 aromatic heterocycles. The molecule has 0 saturated carbocycles. The van der Waals surface area contributed by atoms with E-state index in [-0.39, 0.29) is 18.3 Å². The molecule has 0 aliphatic carbocycles. The van der Waals surface area contributed by atoms with Gasteiger partial charge in [0.15, 0.2) is 0 Å². The van der Waals surface area contributed by atoms with Crippen LogP contribution >= 0.6 is 0 Å². The highest BCUT2D eigenvalue weighted by Gasteiger charge is 2.19. The van der Waals surface area contributed by atoms with Crippen LogP contribution in [0, 0.1) is 0 Å². The summed E-state index contributed by atoms with van der Waals surface area (Å²) < 4.78 is 4.76. The van der Waals surface area contributed by atoms with Crippen molar-refractivity contribution in [3.63, 3.8) is 0 Å². The summed E-state index contributed by atoms with van der Waals surface area (Å²) in [6.07, 6.45) is 0.0871. The van der Waals surface area contributed by atoms with E-state index in [1.165, 1.54) is 7.11 Å². The van der Waals surface area contributed by atoms with Crippen LogP contribution in [0.4, 0.5) is 5.69 Å². The minimum Gasteiger partial charge on any atom is -0.469 e. The molecule has 1 atom stereocenters. The number of methoxy groups -OCH3 is 1. The molecule has 0 bridgehead atoms. The molecular formula is C21H26N2O3. The van der Waals surface area contributed by atoms with Crippen molar-refractivity contribution in [1.82, 2.24) is 5.32 Å². The number of anilines is 1. The van der Waals surface area contributed by atoms with Gasteiger partial charge >= 0.3 is 5.97 Å². The second-order valence-electron chi connectivity index (χ2n) is 5.94. The molecule has 0 saturated heterocycles. The van der Waals surface area contributed by atoms with Crippen molar-refractivity contribution in [3.05, 3.63) is 65.7 Å². The van der Waals surface area contributed by atoms with Gasteiger partial charge in [0.25, 0.3) is 5.91 Å². The normalized spacial score (nSPS) is 11.5. The zero-order valence-corrected chi connectivity index (χ0v) is 15.6. The molecule has 5 heteroatoms. The second-order valence-corrected chi connectivity index (χ2v) is 5.94. The van der Waals surface area contributed by atoms with Crippen LogP contribution in [0.2, 0.25) is 0 Å². The van der Waals surface area contributed by atoms with Gasteiger partial charge in [-0.1, -0.05) is 30.3 Å². The maximum absolute atomic E-state index is 12.6. The maximum atomic E-state index is 12.6. The lowest BCUT2D eigenvalue weighted by Gasteiger charge is -2.21. The number of rotatable bonds is 8. The highest BCUT2D eigenvalue weighted by Crippen LogP contribution is 2.19. The summed E-state index contributed by atoms with van der Waals surface area (Å²) in [5, 5.41) is 2.94. The first-order chi connectivity index (χ1) is 12.6. The topological polar surface area (TPSA) is 58.6 Å². The number of ether oxygens (including phenoxy) is 1. The molecule has 5 nitrogen and oxygen atoms in total. The van der Waals surface area contributed by atoms with E-state index >= 15 is 0 Å². The Morgan fingerprint density at radius 2 is 1.62 bits per heavy atom. The quantitative estimate of drug-likeness (QED) is 0.736. The second kappa shape index (κ2) is 9.61. The third kappa shape index (κ3) is 5.09. The van der Waals surface area contributed by atoms with E-state index in [0.29, 0.717) is 5.56 Å². The summed E-state index contributed by atoms with van der Waals surface area (Å²) in [6, 6.07) is 16.5. The van der Waals surface area contributed by atoms with E-state index in [9.17, 15) is 9.59 Å². The zero-order chi connectivity index (χ0) is 18.9. The summed E-state index contributed by atoms with van der Waals surface area (Å²) >= 11 is 0. The van der Waals surface area contributed by atoms with Gasteiger partial charge in [-0.3, -0.25) is 9.59 Å². The van der Waals surface area contributed by atoms with E-state index in [2.05, 4.69) is 24.1 Å². The number of amides is 1. The van der Waals surface area contributed by atoms with Crippen LogP contribution in [0.15, 0.2) is 54.6 Å². The Labute approximate surface area is 155 Å². The Kier molecular flexibility index (Phi) is 7.21. The predicted molar refractivity (Wildman–Crippen MR) is 103 cm³/mol. The van der Waals surface area contributed by atoms with Crippen LogP contribution in [0.5, 0.6) is 0 Å². The van der Waals surface area contributed by atoms with Crippen molar-refractivity contribution in [2.75, 3.05) is 25.1 Å². The van der Waals surface area contributed by atoms with Crippen LogP contribution in [0.3, 0.4) is 0 Å². The fourth-order valence-corrected chi connectivity index (χ4v) is 2.84. The summed E-state index contributed by atoms with van der Waals surface area (Å²) in [5.74, 6) is -0.579. The van der Waals surface area contributed by atoms with Gasteiger partial charge in [0.05, 0.1) is 19.6 Å².